The van der Waals surface area contributed by atoms with E-state index < -0.39 is 0 Å². The molecule has 0 aliphatic carbocycles. The topological polar surface area (TPSA) is 33.0 Å². The molecule has 2 aromatic rings. The summed E-state index contributed by atoms with van der Waals surface area (Å²) in [6, 6.07) is 11.8. The highest BCUT2D eigenvalue weighted by atomic mass is 16.5. The zero-order valence-corrected chi connectivity index (χ0v) is 11.7. The number of aryl methyl sites for hydroxylation is 3. The average Bonchev–Trinajstić information content (AvgIpc) is 2.37. The molecule has 0 N–H and O–H groups in total. The van der Waals surface area contributed by atoms with Gasteiger partial charge >= 0.3 is 0 Å². The van der Waals surface area contributed by atoms with Crippen molar-refractivity contribution in [1.29, 1.82) is 5.26 Å². The lowest BCUT2D eigenvalue weighted by molar-refractivity contribution is 0.474. The molecule has 0 radical (unpaired) electrons. The molecule has 0 aliphatic rings. The maximum atomic E-state index is 8.87. The molecule has 2 nitrogen and oxygen atoms in total. The third kappa shape index (κ3) is 2.77. The normalized spacial score (nSPS) is 10.1. The van der Waals surface area contributed by atoms with Gasteiger partial charge in [-0.05, 0) is 74.2 Å². The van der Waals surface area contributed by atoms with Crippen molar-refractivity contribution in [3.63, 3.8) is 0 Å². The van der Waals surface area contributed by atoms with Crippen LogP contribution in [0.15, 0.2) is 30.3 Å². The van der Waals surface area contributed by atoms with E-state index in [0.717, 1.165) is 22.6 Å². The molecule has 0 amide bonds. The molecule has 0 spiro atoms. The molecule has 2 heteroatoms. The minimum atomic E-state index is 0.655. The molecule has 2 rings (SSSR count). The van der Waals surface area contributed by atoms with E-state index >= 15 is 0 Å². The monoisotopic (exact) mass is 251 g/mol. The highest BCUT2D eigenvalue weighted by molar-refractivity contribution is 5.47. The zero-order chi connectivity index (χ0) is 14.0. The fourth-order valence-corrected chi connectivity index (χ4v) is 2.06. The Kier molecular flexibility index (Phi) is 3.57. The summed E-state index contributed by atoms with van der Waals surface area (Å²) < 4.78 is 5.99. The first-order valence-corrected chi connectivity index (χ1v) is 6.27. The predicted octanol–water partition coefficient (Wildman–Crippen LogP) is 4.58. The van der Waals surface area contributed by atoms with E-state index in [4.69, 9.17) is 10.00 Å². The van der Waals surface area contributed by atoms with Crippen LogP contribution in [0.25, 0.3) is 0 Å². The van der Waals surface area contributed by atoms with Crippen LogP contribution in [0, 0.1) is 39.0 Å². The van der Waals surface area contributed by atoms with Crippen molar-refractivity contribution in [2.75, 3.05) is 0 Å². The summed E-state index contributed by atoms with van der Waals surface area (Å²) in [5, 5.41) is 8.87. The molecule has 19 heavy (non-hydrogen) atoms. The fraction of sp³-hybridized carbons (Fsp3) is 0.235. The molecule has 0 unspecified atom stereocenters. The molecule has 0 atom stereocenters. The summed E-state index contributed by atoms with van der Waals surface area (Å²) in [5.41, 5.74) is 5.18. The molecule has 0 aromatic heterocycles. The molecule has 0 saturated heterocycles. The highest BCUT2D eigenvalue weighted by Gasteiger charge is 2.07. The second-order valence-electron chi connectivity index (χ2n) is 4.90. The first-order chi connectivity index (χ1) is 9.01. The third-order valence-corrected chi connectivity index (χ3v) is 3.29. The van der Waals surface area contributed by atoms with E-state index in [9.17, 15) is 0 Å². The standard InChI is InChI=1S/C17H17NO/c1-11-7-12(2)14(4)17(8-11)19-16-6-5-15(10-18)9-13(16)3/h5-9H,1-4H3. The number of nitrogens with zero attached hydrogens (tertiary/aromatic N) is 1. The van der Waals surface area contributed by atoms with Crippen molar-refractivity contribution in [3.8, 4) is 17.6 Å². The van der Waals surface area contributed by atoms with Crippen molar-refractivity contribution in [2.45, 2.75) is 27.7 Å². The van der Waals surface area contributed by atoms with Gasteiger partial charge in [-0.3, -0.25) is 0 Å². The Labute approximate surface area is 114 Å². The molecular formula is C17H17NO. The van der Waals surface area contributed by atoms with E-state index in [0.29, 0.717) is 5.56 Å². The molecule has 0 heterocycles. The first-order valence-electron chi connectivity index (χ1n) is 6.27. The Hall–Kier alpha value is -2.27. The number of benzene rings is 2. The van der Waals surface area contributed by atoms with Crippen LogP contribution in [0.3, 0.4) is 0 Å². The lowest BCUT2D eigenvalue weighted by Crippen LogP contribution is -1.93. The summed E-state index contributed by atoms with van der Waals surface area (Å²) in [6.45, 7) is 8.16. The minimum absolute atomic E-state index is 0.655. The minimum Gasteiger partial charge on any atom is -0.457 e. The quantitative estimate of drug-likeness (QED) is 0.782. The van der Waals surface area contributed by atoms with Gasteiger partial charge in [0, 0.05) is 0 Å². The Morgan fingerprint density at radius 2 is 1.63 bits per heavy atom. The largest absolute Gasteiger partial charge is 0.457 e. The number of hydrogen-bond acceptors (Lipinski definition) is 2. The zero-order valence-electron chi connectivity index (χ0n) is 11.7. The van der Waals surface area contributed by atoms with Gasteiger partial charge in [-0.1, -0.05) is 6.07 Å². The highest BCUT2D eigenvalue weighted by Crippen LogP contribution is 2.30. The van der Waals surface area contributed by atoms with E-state index in [1.165, 1.54) is 11.1 Å². The van der Waals surface area contributed by atoms with Gasteiger partial charge in [0.15, 0.2) is 0 Å². The van der Waals surface area contributed by atoms with Gasteiger partial charge in [0.25, 0.3) is 0 Å². The van der Waals surface area contributed by atoms with Crippen molar-refractivity contribution >= 4 is 0 Å². The van der Waals surface area contributed by atoms with E-state index in [-0.39, 0.29) is 0 Å². The first kappa shape index (κ1) is 13.2. The molecule has 0 aliphatic heterocycles. The number of rotatable bonds is 2. The maximum Gasteiger partial charge on any atom is 0.130 e. The van der Waals surface area contributed by atoms with Gasteiger partial charge in [0.1, 0.15) is 11.5 Å². The van der Waals surface area contributed by atoms with Gasteiger partial charge in [-0.2, -0.15) is 5.26 Å². The summed E-state index contributed by atoms with van der Waals surface area (Å²) >= 11 is 0. The fourth-order valence-electron chi connectivity index (χ4n) is 2.06. The van der Waals surface area contributed by atoms with Crippen LogP contribution in [0.5, 0.6) is 11.5 Å². The Balaban J connectivity index is 2.39. The Morgan fingerprint density at radius 3 is 2.26 bits per heavy atom. The molecule has 96 valence electrons. The number of nitriles is 1. The second-order valence-corrected chi connectivity index (χ2v) is 4.90. The van der Waals surface area contributed by atoms with Gasteiger partial charge in [0.05, 0.1) is 11.6 Å². The van der Waals surface area contributed by atoms with Crippen molar-refractivity contribution < 1.29 is 4.74 Å². The van der Waals surface area contributed by atoms with Crippen LogP contribution < -0.4 is 4.74 Å². The Morgan fingerprint density at radius 1 is 0.895 bits per heavy atom. The van der Waals surface area contributed by atoms with Crippen molar-refractivity contribution in [1.82, 2.24) is 0 Å². The van der Waals surface area contributed by atoms with Crippen molar-refractivity contribution in [2.24, 2.45) is 0 Å². The molecule has 0 saturated carbocycles. The van der Waals surface area contributed by atoms with Crippen LogP contribution in [-0.4, -0.2) is 0 Å². The summed E-state index contributed by atoms with van der Waals surface area (Å²) in [4.78, 5) is 0. The SMILES string of the molecule is Cc1cc(C)c(C)c(Oc2ccc(C#N)cc2C)c1. The van der Waals surface area contributed by atoms with Crippen LogP contribution in [0.1, 0.15) is 27.8 Å². The predicted molar refractivity (Wildman–Crippen MR) is 76.6 cm³/mol. The van der Waals surface area contributed by atoms with Gasteiger partial charge in [-0.15, -0.1) is 0 Å². The average molecular weight is 251 g/mol. The maximum absolute atomic E-state index is 8.87. The second kappa shape index (κ2) is 5.16. The third-order valence-electron chi connectivity index (χ3n) is 3.29. The number of ether oxygens (including phenoxy) is 1. The molecule has 0 bridgehead atoms. The van der Waals surface area contributed by atoms with Gasteiger partial charge in [-0.25, -0.2) is 0 Å². The van der Waals surface area contributed by atoms with Crippen molar-refractivity contribution in [3.05, 3.63) is 58.1 Å². The number of hydrogen-bond donors (Lipinski definition) is 0. The molecular weight excluding hydrogens is 234 g/mol. The lowest BCUT2D eigenvalue weighted by Gasteiger charge is -2.13. The molecule has 0 fully saturated rings. The van der Waals surface area contributed by atoms with Crippen LogP contribution in [0.4, 0.5) is 0 Å². The van der Waals surface area contributed by atoms with Crippen LogP contribution in [-0.2, 0) is 0 Å². The smallest absolute Gasteiger partial charge is 0.130 e. The summed E-state index contributed by atoms with van der Waals surface area (Å²) in [7, 11) is 0. The summed E-state index contributed by atoms with van der Waals surface area (Å²) in [6.07, 6.45) is 0. The van der Waals surface area contributed by atoms with Crippen LogP contribution in [0.2, 0.25) is 0 Å². The summed E-state index contributed by atoms with van der Waals surface area (Å²) in [5.74, 6) is 1.68. The van der Waals surface area contributed by atoms with Gasteiger partial charge in [0.2, 0.25) is 0 Å². The van der Waals surface area contributed by atoms with Gasteiger partial charge < -0.3 is 4.74 Å². The Bertz CT molecular complexity index is 666. The van der Waals surface area contributed by atoms with E-state index in [1.54, 1.807) is 6.07 Å². The molecule has 2 aromatic carbocycles. The lowest BCUT2D eigenvalue weighted by atomic mass is 10.1. The van der Waals surface area contributed by atoms with E-state index in [2.05, 4.69) is 32.9 Å². The van der Waals surface area contributed by atoms with E-state index in [1.807, 2.05) is 25.1 Å². The van der Waals surface area contributed by atoms with Crippen LogP contribution >= 0.6 is 0 Å².